The fraction of sp³-hybridized carbons (Fsp3) is 0.619. The van der Waals surface area contributed by atoms with Gasteiger partial charge in [-0.05, 0) is 59.1 Å². The number of nitrogens with one attached hydrogen (secondary N) is 2. The van der Waals surface area contributed by atoms with Crippen molar-refractivity contribution in [1.29, 1.82) is 0 Å². The zero-order valence-electron chi connectivity index (χ0n) is 18.4. The standard InChI is InChI=1S/C21H33N3O5S/c1-15-6-7-18(16(2)14-15)30(27,28)24-12-9-17(10-13-24)23-19(25)8-11-22-20(26)29-21(3,4)5/h6-7,14,17H,8-13H2,1-5H3,(H,22,26)(H,23,25). The Bertz CT molecular complexity index is 869. The molecule has 9 heteroatoms. The summed E-state index contributed by atoms with van der Waals surface area (Å²) in [5.41, 5.74) is 1.18. The fourth-order valence-corrected chi connectivity index (χ4v) is 5.04. The molecule has 1 saturated heterocycles. The normalized spacial score (nSPS) is 16.2. The minimum absolute atomic E-state index is 0.0791. The molecule has 30 heavy (non-hydrogen) atoms. The minimum atomic E-state index is -3.54. The van der Waals surface area contributed by atoms with Gasteiger partial charge < -0.3 is 15.4 Å². The highest BCUT2D eigenvalue weighted by atomic mass is 32.2. The maximum Gasteiger partial charge on any atom is 0.407 e. The molecule has 0 atom stereocenters. The number of ether oxygens (including phenoxy) is 1. The molecule has 1 heterocycles. The van der Waals surface area contributed by atoms with E-state index in [1.165, 1.54) is 4.31 Å². The van der Waals surface area contributed by atoms with Crippen molar-refractivity contribution in [3.8, 4) is 0 Å². The van der Waals surface area contributed by atoms with E-state index in [1.807, 2.05) is 13.0 Å². The second-order valence-corrected chi connectivity index (χ2v) is 10.6. The van der Waals surface area contributed by atoms with E-state index >= 15 is 0 Å². The number of sulfonamides is 1. The van der Waals surface area contributed by atoms with Crippen LogP contribution in [0.25, 0.3) is 0 Å². The van der Waals surface area contributed by atoms with Gasteiger partial charge in [-0.1, -0.05) is 17.7 Å². The highest BCUT2D eigenvalue weighted by Crippen LogP contribution is 2.24. The molecule has 0 aromatic heterocycles. The van der Waals surface area contributed by atoms with Crippen molar-refractivity contribution in [2.75, 3.05) is 19.6 Å². The van der Waals surface area contributed by atoms with Gasteiger partial charge in [0.05, 0.1) is 4.90 Å². The number of alkyl carbamates (subject to hydrolysis) is 1. The number of piperidine rings is 1. The van der Waals surface area contributed by atoms with E-state index in [9.17, 15) is 18.0 Å². The first-order valence-corrected chi connectivity index (χ1v) is 11.7. The Morgan fingerprint density at radius 3 is 2.37 bits per heavy atom. The van der Waals surface area contributed by atoms with E-state index in [2.05, 4.69) is 10.6 Å². The monoisotopic (exact) mass is 439 g/mol. The number of hydrogen-bond donors (Lipinski definition) is 2. The summed E-state index contributed by atoms with van der Waals surface area (Å²) in [5.74, 6) is -0.179. The lowest BCUT2D eigenvalue weighted by atomic mass is 10.1. The van der Waals surface area contributed by atoms with Gasteiger partial charge in [-0.3, -0.25) is 4.79 Å². The average molecular weight is 440 g/mol. The van der Waals surface area contributed by atoms with Crippen LogP contribution in [0.2, 0.25) is 0 Å². The Kier molecular flexibility index (Phi) is 7.87. The predicted molar refractivity (Wildman–Crippen MR) is 115 cm³/mol. The van der Waals surface area contributed by atoms with Crippen LogP contribution in [-0.2, 0) is 19.6 Å². The minimum Gasteiger partial charge on any atom is -0.444 e. The zero-order chi connectivity index (χ0) is 22.5. The van der Waals surface area contributed by atoms with Crippen molar-refractivity contribution in [1.82, 2.24) is 14.9 Å². The number of nitrogens with zero attached hydrogens (tertiary/aromatic N) is 1. The molecule has 8 nitrogen and oxygen atoms in total. The first-order valence-electron chi connectivity index (χ1n) is 10.2. The molecular formula is C21H33N3O5S. The van der Waals surface area contributed by atoms with E-state index in [-0.39, 0.29) is 24.9 Å². The van der Waals surface area contributed by atoms with Gasteiger partial charge >= 0.3 is 6.09 Å². The third kappa shape index (κ3) is 6.98. The maximum atomic E-state index is 12.9. The van der Waals surface area contributed by atoms with E-state index in [0.29, 0.717) is 30.8 Å². The van der Waals surface area contributed by atoms with Crippen LogP contribution in [0, 0.1) is 13.8 Å². The topological polar surface area (TPSA) is 105 Å². The molecule has 0 aliphatic carbocycles. The van der Waals surface area contributed by atoms with Gasteiger partial charge in [-0.2, -0.15) is 4.31 Å². The van der Waals surface area contributed by atoms with Crippen LogP contribution >= 0.6 is 0 Å². The molecule has 1 aliphatic heterocycles. The molecule has 0 radical (unpaired) electrons. The number of carbonyl (C=O) groups excluding carboxylic acids is 2. The quantitative estimate of drug-likeness (QED) is 0.709. The molecule has 1 fully saturated rings. The third-order valence-electron chi connectivity index (χ3n) is 4.79. The lowest BCUT2D eigenvalue weighted by Crippen LogP contribution is -2.47. The molecule has 168 valence electrons. The summed E-state index contributed by atoms with van der Waals surface area (Å²) in [6, 6.07) is 5.25. The molecule has 0 saturated carbocycles. The van der Waals surface area contributed by atoms with Crippen LogP contribution in [0.4, 0.5) is 4.79 Å². The molecule has 1 aromatic rings. The van der Waals surface area contributed by atoms with E-state index < -0.39 is 21.7 Å². The van der Waals surface area contributed by atoms with E-state index in [1.54, 1.807) is 39.8 Å². The second kappa shape index (κ2) is 9.78. The lowest BCUT2D eigenvalue weighted by molar-refractivity contribution is -0.121. The van der Waals surface area contributed by atoms with Crippen molar-refractivity contribution in [3.63, 3.8) is 0 Å². The molecule has 1 aromatic carbocycles. The number of aryl methyl sites for hydroxylation is 2. The second-order valence-electron chi connectivity index (χ2n) is 8.69. The van der Waals surface area contributed by atoms with Gasteiger partial charge in [-0.25, -0.2) is 13.2 Å². The summed E-state index contributed by atoms with van der Waals surface area (Å²) in [5, 5.41) is 5.47. The van der Waals surface area contributed by atoms with Gasteiger partial charge in [0.1, 0.15) is 5.60 Å². The average Bonchev–Trinajstić information content (AvgIpc) is 2.60. The number of benzene rings is 1. The molecule has 2 rings (SSSR count). The van der Waals surface area contributed by atoms with Gasteiger partial charge in [0.15, 0.2) is 0 Å². The Balaban J connectivity index is 1.79. The fourth-order valence-electron chi connectivity index (χ4n) is 3.36. The van der Waals surface area contributed by atoms with Gasteiger partial charge in [-0.15, -0.1) is 0 Å². The third-order valence-corrected chi connectivity index (χ3v) is 6.85. The van der Waals surface area contributed by atoms with Crippen molar-refractivity contribution in [2.45, 2.75) is 70.4 Å². The summed E-state index contributed by atoms with van der Waals surface area (Å²) in [6.45, 7) is 9.94. The number of carbonyl (C=O) groups is 2. The smallest absolute Gasteiger partial charge is 0.407 e. The highest BCUT2D eigenvalue weighted by Gasteiger charge is 2.30. The molecule has 0 unspecified atom stereocenters. The summed E-state index contributed by atoms with van der Waals surface area (Å²) in [6.07, 6.45) is 0.686. The van der Waals surface area contributed by atoms with Crippen molar-refractivity contribution in [3.05, 3.63) is 29.3 Å². The van der Waals surface area contributed by atoms with Crippen LogP contribution in [0.15, 0.2) is 23.1 Å². The lowest BCUT2D eigenvalue weighted by Gasteiger charge is -2.32. The molecule has 1 aliphatic rings. The van der Waals surface area contributed by atoms with Crippen LogP contribution in [0.1, 0.15) is 51.2 Å². The van der Waals surface area contributed by atoms with E-state index in [4.69, 9.17) is 4.74 Å². The van der Waals surface area contributed by atoms with Crippen LogP contribution in [0.5, 0.6) is 0 Å². The number of hydrogen-bond acceptors (Lipinski definition) is 5. The SMILES string of the molecule is Cc1ccc(S(=O)(=O)N2CCC(NC(=O)CCNC(=O)OC(C)(C)C)CC2)c(C)c1. The van der Waals surface area contributed by atoms with Gasteiger partial charge in [0.2, 0.25) is 15.9 Å². The largest absolute Gasteiger partial charge is 0.444 e. The summed E-state index contributed by atoms with van der Waals surface area (Å²) < 4.78 is 32.5. The Hall–Kier alpha value is -2.13. The van der Waals surface area contributed by atoms with Crippen LogP contribution < -0.4 is 10.6 Å². The Morgan fingerprint density at radius 1 is 1.17 bits per heavy atom. The van der Waals surface area contributed by atoms with Crippen LogP contribution in [0.3, 0.4) is 0 Å². The number of amides is 2. The number of rotatable bonds is 6. The maximum absolute atomic E-state index is 12.9. The highest BCUT2D eigenvalue weighted by molar-refractivity contribution is 7.89. The molecule has 0 bridgehead atoms. The summed E-state index contributed by atoms with van der Waals surface area (Å²) >= 11 is 0. The van der Waals surface area contributed by atoms with Crippen molar-refractivity contribution in [2.24, 2.45) is 0 Å². The molecular weight excluding hydrogens is 406 g/mol. The van der Waals surface area contributed by atoms with Crippen molar-refractivity contribution < 1.29 is 22.7 Å². The Morgan fingerprint density at radius 2 is 1.80 bits per heavy atom. The Labute approximate surface area is 179 Å². The molecule has 2 N–H and O–H groups in total. The molecule has 2 amide bonds. The van der Waals surface area contributed by atoms with Gasteiger partial charge in [0, 0.05) is 32.1 Å². The van der Waals surface area contributed by atoms with Crippen molar-refractivity contribution >= 4 is 22.0 Å². The summed E-state index contributed by atoms with van der Waals surface area (Å²) in [4.78, 5) is 24.0. The van der Waals surface area contributed by atoms with E-state index in [0.717, 1.165) is 11.1 Å². The predicted octanol–water partition coefficient (Wildman–Crippen LogP) is 2.49. The van der Waals surface area contributed by atoms with Crippen LogP contribution in [-0.4, -0.2) is 56.0 Å². The zero-order valence-corrected chi connectivity index (χ0v) is 19.3. The first kappa shape index (κ1) is 24.1. The summed E-state index contributed by atoms with van der Waals surface area (Å²) in [7, 11) is -3.54. The molecule has 0 spiro atoms. The first-order chi connectivity index (χ1) is 13.9. The van der Waals surface area contributed by atoms with Gasteiger partial charge in [0.25, 0.3) is 0 Å².